The summed E-state index contributed by atoms with van der Waals surface area (Å²) in [6.45, 7) is 0.326. The number of benzene rings is 2. The van der Waals surface area contributed by atoms with Crippen LogP contribution in [-0.4, -0.2) is 18.9 Å². The smallest absolute Gasteiger partial charge is 0.379 e. The van der Waals surface area contributed by atoms with Crippen molar-refractivity contribution in [3.63, 3.8) is 0 Å². The molecule has 0 unspecified atom stereocenters. The number of carbonyl (C=O) groups excluding carboxylic acids is 2. The lowest BCUT2D eigenvalue weighted by Gasteiger charge is -2.10. The van der Waals surface area contributed by atoms with E-state index in [1.165, 1.54) is 7.11 Å². The number of ether oxygens (including phenoxy) is 2. The van der Waals surface area contributed by atoms with Crippen molar-refractivity contribution in [2.75, 3.05) is 7.11 Å². The van der Waals surface area contributed by atoms with Crippen molar-refractivity contribution in [3.05, 3.63) is 65.7 Å². The fourth-order valence-electron chi connectivity index (χ4n) is 1.72. The number of carbonyl (C=O) groups is 2. The zero-order chi connectivity index (χ0) is 14.4. The number of methoxy groups -OCH3 is 1. The van der Waals surface area contributed by atoms with Crippen LogP contribution in [0.15, 0.2) is 54.6 Å². The number of hydrogen-bond acceptors (Lipinski definition) is 4. The van der Waals surface area contributed by atoms with Gasteiger partial charge >= 0.3 is 5.97 Å². The summed E-state index contributed by atoms with van der Waals surface area (Å²) in [4.78, 5) is 23.2. The molecule has 0 fully saturated rings. The molecule has 2 rings (SSSR count). The average molecular weight is 270 g/mol. The van der Waals surface area contributed by atoms with Crippen molar-refractivity contribution >= 4 is 11.8 Å². The third-order valence-electron chi connectivity index (χ3n) is 2.74. The largest absolute Gasteiger partial charge is 0.488 e. The van der Waals surface area contributed by atoms with Crippen molar-refractivity contribution in [2.24, 2.45) is 0 Å². The minimum Gasteiger partial charge on any atom is -0.488 e. The molecule has 0 aliphatic rings. The second-order valence-corrected chi connectivity index (χ2v) is 4.09. The highest BCUT2D eigenvalue weighted by atomic mass is 16.5. The summed E-state index contributed by atoms with van der Waals surface area (Å²) in [5, 5.41) is 0. The van der Waals surface area contributed by atoms with Crippen LogP contribution in [0.25, 0.3) is 0 Å². The maximum Gasteiger partial charge on any atom is 0.379 e. The topological polar surface area (TPSA) is 52.6 Å². The third-order valence-corrected chi connectivity index (χ3v) is 2.74. The number of para-hydroxylation sites is 1. The van der Waals surface area contributed by atoms with Crippen LogP contribution in [-0.2, 0) is 16.1 Å². The Hall–Kier alpha value is -2.62. The summed E-state index contributed by atoms with van der Waals surface area (Å²) in [6.07, 6.45) is 0. The summed E-state index contributed by atoms with van der Waals surface area (Å²) in [6, 6.07) is 16.2. The number of esters is 1. The Morgan fingerprint density at radius 1 is 0.950 bits per heavy atom. The Kier molecular flexibility index (Phi) is 4.50. The zero-order valence-electron chi connectivity index (χ0n) is 11.0. The molecule has 2 aromatic carbocycles. The van der Waals surface area contributed by atoms with Crippen LogP contribution in [0, 0.1) is 0 Å². The van der Waals surface area contributed by atoms with E-state index in [1.807, 2.05) is 30.3 Å². The van der Waals surface area contributed by atoms with Gasteiger partial charge in [-0.3, -0.25) is 4.79 Å². The standard InChI is InChI=1S/C16H14O4/c1-19-16(18)15(17)13-9-5-6-10-14(13)20-11-12-7-3-2-4-8-12/h2-10H,11H2,1H3. The van der Waals surface area contributed by atoms with Gasteiger partial charge in [-0.15, -0.1) is 0 Å². The molecule has 0 bridgehead atoms. The van der Waals surface area contributed by atoms with Crippen LogP contribution in [0.3, 0.4) is 0 Å². The van der Waals surface area contributed by atoms with E-state index < -0.39 is 11.8 Å². The van der Waals surface area contributed by atoms with Gasteiger partial charge < -0.3 is 9.47 Å². The van der Waals surface area contributed by atoms with Crippen molar-refractivity contribution < 1.29 is 19.1 Å². The fourth-order valence-corrected chi connectivity index (χ4v) is 1.72. The highest BCUT2D eigenvalue weighted by Gasteiger charge is 2.20. The molecule has 0 spiro atoms. The average Bonchev–Trinajstić information content (AvgIpc) is 2.52. The van der Waals surface area contributed by atoms with Crippen LogP contribution in [0.4, 0.5) is 0 Å². The zero-order valence-corrected chi connectivity index (χ0v) is 11.0. The first-order valence-electron chi connectivity index (χ1n) is 6.11. The molecule has 0 aliphatic carbocycles. The van der Waals surface area contributed by atoms with Crippen LogP contribution >= 0.6 is 0 Å². The van der Waals surface area contributed by atoms with Crippen LogP contribution in [0.2, 0.25) is 0 Å². The quantitative estimate of drug-likeness (QED) is 0.476. The first-order chi connectivity index (χ1) is 9.72. The predicted molar refractivity (Wildman–Crippen MR) is 73.6 cm³/mol. The SMILES string of the molecule is COC(=O)C(=O)c1ccccc1OCc1ccccc1. The molecule has 4 nitrogen and oxygen atoms in total. The molecule has 0 N–H and O–H groups in total. The summed E-state index contributed by atoms with van der Waals surface area (Å²) in [5.74, 6) is -1.25. The summed E-state index contributed by atoms with van der Waals surface area (Å²) < 4.78 is 10.1. The molecule has 0 aliphatic heterocycles. The number of rotatable bonds is 5. The van der Waals surface area contributed by atoms with E-state index in [9.17, 15) is 9.59 Å². The monoisotopic (exact) mass is 270 g/mol. The molecule has 2 aromatic rings. The van der Waals surface area contributed by atoms with E-state index in [0.717, 1.165) is 5.56 Å². The van der Waals surface area contributed by atoms with Gasteiger partial charge in [0.15, 0.2) is 0 Å². The lowest BCUT2D eigenvalue weighted by atomic mass is 10.1. The highest BCUT2D eigenvalue weighted by Crippen LogP contribution is 2.20. The van der Waals surface area contributed by atoms with Gasteiger partial charge in [0.25, 0.3) is 5.78 Å². The van der Waals surface area contributed by atoms with Crippen molar-refractivity contribution in [1.29, 1.82) is 0 Å². The minimum absolute atomic E-state index is 0.204. The Balaban J connectivity index is 2.16. The predicted octanol–water partition coefficient (Wildman–Crippen LogP) is 2.62. The van der Waals surface area contributed by atoms with E-state index in [1.54, 1.807) is 24.3 Å². The van der Waals surface area contributed by atoms with Crippen molar-refractivity contribution in [2.45, 2.75) is 6.61 Å². The Morgan fingerprint density at radius 2 is 1.60 bits per heavy atom. The fraction of sp³-hybridized carbons (Fsp3) is 0.125. The number of hydrogen-bond donors (Lipinski definition) is 0. The van der Waals surface area contributed by atoms with Gasteiger partial charge in [-0.05, 0) is 17.7 Å². The molecule has 102 valence electrons. The molecule has 0 saturated heterocycles. The van der Waals surface area contributed by atoms with E-state index in [0.29, 0.717) is 12.4 Å². The Labute approximate surface area is 116 Å². The summed E-state index contributed by atoms with van der Waals surface area (Å²) >= 11 is 0. The normalized spacial score (nSPS) is 9.85. The Bertz CT molecular complexity index is 605. The van der Waals surface area contributed by atoms with Gasteiger partial charge in [-0.1, -0.05) is 42.5 Å². The van der Waals surface area contributed by atoms with Gasteiger partial charge in [0.05, 0.1) is 12.7 Å². The van der Waals surface area contributed by atoms with Crippen LogP contribution in [0.1, 0.15) is 15.9 Å². The van der Waals surface area contributed by atoms with E-state index in [4.69, 9.17) is 4.74 Å². The van der Waals surface area contributed by atoms with Gasteiger partial charge in [0, 0.05) is 0 Å². The van der Waals surface area contributed by atoms with Gasteiger partial charge in [-0.25, -0.2) is 4.79 Å². The maximum absolute atomic E-state index is 11.9. The molecule has 4 heteroatoms. The van der Waals surface area contributed by atoms with E-state index in [2.05, 4.69) is 4.74 Å². The molecule has 0 heterocycles. The molecular weight excluding hydrogens is 256 g/mol. The summed E-state index contributed by atoms with van der Waals surface area (Å²) in [5.41, 5.74) is 1.18. The van der Waals surface area contributed by atoms with Crippen molar-refractivity contribution in [3.8, 4) is 5.75 Å². The third kappa shape index (κ3) is 3.23. The van der Waals surface area contributed by atoms with Gasteiger partial charge in [0.2, 0.25) is 0 Å². The Morgan fingerprint density at radius 3 is 2.30 bits per heavy atom. The molecule has 0 saturated carbocycles. The first-order valence-corrected chi connectivity index (χ1v) is 6.11. The minimum atomic E-state index is -0.902. The molecule has 0 aromatic heterocycles. The first kappa shape index (κ1) is 13.8. The lowest BCUT2D eigenvalue weighted by Crippen LogP contribution is -2.16. The number of ketones is 1. The van der Waals surface area contributed by atoms with Crippen LogP contribution < -0.4 is 4.74 Å². The maximum atomic E-state index is 11.9. The van der Waals surface area contributed by atoms with Gasteiger partial charge in [0.1, 0.15) is 12.4 Å². The lowest BCUT2D eigenvalue weighted by molar-refractivity contribution is -0.135. The molecular formula is C16H14O4. The van der Waals surface area contributed by atoms with Gasteiger partial charge in [-0.2, -0.15) is 0 Å². The summed E-state index contributed by atoms with van der Waals surface area (Å²) in [7, 11) is 1.17. The molecule has 0 amide bonds. The highest BCUT2D eigenvalue weighted by molar-refractivity contribution is 6.41. The van der Waals surface area contributed by atoms with E-state index >= 15 is 0 Å². The van der Waals surface area contributed by atoms with E-state index in [-0.39, 0.29) is 5.56 Å². The van der Waals surface area contributed by atoms with Crippen LogP contribution in [0.5, 0.6) is 5.75 Å². The molecule has 0 radical (unpaired) electrons. The van der Waals surface area contributed by atoms with Crippen molar-refractivity contribution in [1.82, 2.24) is 0 Å². The second kappa shape index (κ2) is 6.52. The molecule has 20 heavy (non-hydrogen) atoms. The second-order valence-electron chi connectivity index (χ2n) is 4.09. The number of Topliss-reactive ketones (excluding diaryl/α,β-unsaturated/α-hetero) is 1. The molecule has 0 atom stereocenters.